The van der Waals surface area contributed by atoms with E-state index >= 15 is 0 Å². The maximum atomic E-state index is 12.6. The van der Waals surface area contributed by atoms with E-state index in [0.29, 0.717) is 12.1 Å². The molecular weight excluding hydrogens is 377 g/mol. The molecule has 0 aliphatic rings. The average molecular weight is 391 g/mol. The first-order valence-corrected chi connectivity index (χ1v) is 7.81. The zero-order chi connectivity index (χ0) is 19.5. The number of carbonyl (C=O) groups is 1. The summed E-state index contributed by atoms with van der Waals surface area (Å²) in [7, 11) is 0. The van der Waals surface area contributed by atoms with Crippen molar-refractivity contribution < 1.29 is 22.9 Å². The second kappa shape index (κ2) is 7.73. The maximum absolute atomic E-state index is 12.6. The molecule has 0 bridgehead atoms. The largest absolute Gasteiger partial charge is 0.435 e. The summed E-state index contributed by atoms with van der Waals surface area (Å²) in [5, 5.41) is 16.8. The highest BCUT2D eigenvalue weighted by molar-refractivity contribution is 6.32. The Morgan fingerprint density at radius 3 is 2.65 bits per heavy atom. The van der Waals surface area contributed by atoms with Crippen molar-refractivity contribution in [1.82, 2.24) is 15.1 Å². The molecule has 140 valence electrons. The summed E-state index contributed by atoms with van der Waals surface area (Å²) in [6.45, 7) is 1.85. The number of amides is 1. The Labute approximate surface area is 150 Å². The van der Waals surface area contributed by atoms with Crippen molar-refractivity contribution in [2.45, 2.75) is 26.1 Å². The third-order valence-electron chi connectivity index (χ3n) is 3.51. The fourth-order valence-electron chi connectivity index (χ4n) is 2.20. The molecule has 0 unspecified atom stereocenters. The summed E-state index contributed by atoms with van der Waals surface area (Å²) < 4.78 is 39.0. The molecule has 0 saturated heterocycles. The van der Waals surface area contributed by atoms with Crippen molar-refractivity contribution in [1.29, 1.82) is 0 Å². The number of hydrogen-bond donors (Lipinski definition) is 1. The monoisotopic (exact) mass is 390 g/mol. The molecule has 0 aliphatic heterocycles. The second-order valence-corrected chi connectivity index (χ2v) is 5.83. The molecule has 1 aromatic carbocycles. The number of benzene rings is 1. The molecule has 26 heavy (non-hydrogen) atoms. The molecule has 0 atom stereocenters. The van der Waals surface area contributed by atoms with E-state index in [2.05, 4.69) is 10.4 Å². The molecule has 11 heteroatoms. The van der Waals surface area contributed by atoms with E-state index in [4.69, 9.17) is 11.6 Å². The molecule has 1 amide bonds. The standard InChI is InChI=1S/C15H14ClF3N4O3/c1-9-7-13(15(17,18)19)21-22(9)6-2-5-20-14(24)10-3-4-11(16)12(8-10)23(25)26/h3-4,7-8H,2,5-6H2,1H3,(H,20,24). The highest BCUT2D eigenvalue weighted by Crippen LogP contribution is 2.28. The van der Waals surface area contributed by atoms with Crippen LogP contribution in [0.5, 0.6) is 0 Å². The fourth-order valence-corrected chi connectivity index (χ4v) is 2.39. The zero-order valence-electron chi connectivity index (χ0n) is 13.5. The molecule has 1 heterocycles. The van der Waals surface area contributed by atoms with Crippen LogP contribution in [0.1, 0.15) is 28.2 Å². The second-order valence-electron chi connectivity index (χ2n) is 5.42. The number of nitrogens with zero attached hydrogens (tertiary/aromatic N) is 3. The summed E-state index contributed by atoms with van der Waals surface area (Å²) in [4.78, 5) is 22.1. The minimum atomic E-state index is -4.51. The van der Waals surface area contributed by atoms with Gasteiger partial charge in [0.1, 0.15) is 5.02 Å². The Balaban J connectivity index is 1.91. The van der Waals surface area contributed by atoms with Crippen LogP contribution in [-0.4, -0.2) is 27.2 Å². The van der Waals surface area contributed by atoms with Gasteiger partial charge in [-0.3, -0.25) is 19.6 Å². The summed E-state index contributed by atoms with van der Waals surface area (Å²) in [5.74, 6) is -0.544. The van der Waals surface area contributed by atoms with Crippen LogP contribution in [0.25, 0.3) is 0 Å². The highest BCUT2D eigenvalue weighted by atomic mass is 35.5. The van der Waals surface area contributed by atoms with Gasteiger partial charge in [0, 0.05) is 30.4 Å². The SMILES string of the molecule is Cc1cc(C(F)(F)F)nn1CCCNC(=O)c1ccc(Cl)c([N+](=O)[O-])c1. The summed E-state index contributed by atoms with van der Waals surface area (Å²) in [6, 6.07) is 4.61. The number of rotatable bonds is 6. The summed E-state index contributed by atoms with van der Waals surface area (Å²) in [6.07, 6.45) is -4.17. The Morgan fingerprint density at radius 1 is 1.38 bits per heavy atom. The van der Waals surface area contributed by atoms with Crippen LogP contribution in [0.3, 0.4) is 0 Å². The van der Waals surface area contributed by atoms with E-state index in [0.717, 1.165) is 12.1 Å². The molecule has 7 nitrogen and oxygen atoms in total. The van der Waals surface area contributed by atoms with Gasteiger partial charge in [-0.15, -0.1) is 0 Å². The number of nitro groups is 1. The van der Waals surface area contributed by atoms with E-state index in [1.165, 1.54) is 23.7 Å². The molecule has 1 aromatic heterocycles. The molecule has 2 aromatic rings. The third kappa shape index (κ3) is 4.72. The number of aromatic nitrogens is 2. The molecule has 0 aliphatic carbocycles. The zero-order valence-corrected chi connectivity index (χ0v) is 14.3. The minimum absolute atomic E-state index is 0.0655. The van der Waals surface area contributed by atoms with Crippen molar-refractivity contribution in [2.24, 2.45) is 0 Å². The molecule has 0 radical (unpaired) electrons. The van der Waals surface area contributed by atoms with Gasteiger partial charge in [-0.05, 0) is 31.5 Å². The molecular formula is C15H14ClF3N4O3. The summed E-state index contributed by atoms with van der Waals surface area (Å²) in [5.41, 5.74) is -0.925. The highest BCUT2D eigenvalue weighted by Gasteiger charge is 2.34. The van der Waals surface area contributed by atoms with Gasteiger partial charge in [-0.25, -0.2) is 0 Å². The van der Waals surface area contributed by atoms with Crippen LogP contribution in [0.4, 0.5) is 18.9 Å². The van der Waals surface area contributed by atoms with Crippen LogP contribution >= 0.6 is 11.6 Å². The topological polar surface area (TPSA) is 90.1 Å². The molecule has 0 saturated carbocycles. The maximum Gasteiger partial charge on any atom is 0.435 e. The number of hydrogen-bond acceptors (Lipinski definition) is 4. The van der Waals surface area contributed by atoms with Crippen molar-refractivity contribution in [3.05, 3.63) is 56.4 Å². The number of halogens is 4. The van der Waals surface area contributed by atoms with Crippen LogP contribution in [0.2, 0.25) is 5.02 Å². The average Bonchev–Trinajstić information content (AvgIpc) is 2.92. The van der Waals surface area contributed by atoms with Gasteiger partial charge >= 0.3 is 6.18 Å². The lowest BCUT2D eigenvalue weighted by Crippen LogP contribution is -2.25. The van der Waals surface area contributed by atoms with E-state index in [9.17, 15) is 28.1 Å². The van der Waals surface area contributed by atoms with Crippen LogP contribution in [0.15, 0.2) is 24.3 Å². The van der Waals surface area contributed by atoms with Gasteiger partial charge in [0.2, 0.25) is 0 Å². The molecule has 2 rings (SSSR count). The van der Waals surface area contributed by atoms with Gasteiger partial charge in [-0.1, -0.05) is 11.6 Å². The van der Waals surface area contributed by atoms with Gasteiger partial charge in [-0.2, -0.15) is 18.3 Å². The third-order valence-corrected chi connectivity index (χ3v) is 3.83. The Morgan fingerprint density at radius 2 is 2.08 bits per heavy atom. The van der Waals surface area contributed by atoms with Gasteiger partial charge in [0.05, 0.1) is 4.92 Å². The van der Waals surface area contributed by atoms with Gasteiger partial charge < -0.3 is 5.32 Å². The van der Waals surface area contributed by atoms with Crippen molar-refractivity contribution in [2.75, 3.05) is 6.54 Å². The molecule has 0 spiro atoms. The number of alkyl halides is 3. The Kier molecular flexibility index (Phi) is 5.86. The van der Waals surface area contributed by atoms with E-state index < -0.39 is 22.7 Å². The predicted molar refractivity (Wildman–Crippen MR) is 87.0 cm³/mol. The molecule has 1 N–H and O–H groups in total. The first-order valence-electron chi connectivity index (χ1n) is 7.43. The predicted octanol–water partition coefficient (Wildman–Crippen LogP) is 3.59. The lowest BCUT2D eigenvalue weighted by atomic mass is 10.2. The quantitative estimate of drug-likeness (QED) is 0.463. The van der Waals surface area contributed by atoms with Crippen LogP contribution in [-0.2, 0) is 12.7 Å². The molecule has 0 fully saturated rings. The minimum Gasteiger partial charge on any atom is -0.352 e. The Hall–Kier alpha value is -2.62. The first kappa shape index (κ1) is 19.7. The van der Waals surface area contributed by atoms with E-state index in [-0.39, 0.29) is 29.4 Å². The lowest BCUT2D eigenvalue weighted by molar-refractivity contribution is -0.384. The summed E-state index contributed by atoms with van der Waals surface area (Å²) >= 11 is 5.68. The smallest absolute Gasteiger partial charge is 0.352 e. The number of carbonyl (C=O) groups excluding carboxylic acids is 1. The van der Waals surface area contributed by atoms with Crippen molar-refractivity contribution >= 4 is 23.2 Å². The van der Waals surface area contributed by atoms with Crippen molar-refractivity contribution in [3.63, 3.8) is 0 Å². The van der Waals surface area contributed by atoms with E-state index in [1.807, 2.05) is 0 Å². The lowest BCUT2D eigenvalue weighted by Gasteiger charge is -2.07. The van der Waals surface area contributed by atoms with Gasteiger partial charge in [0.15, 0.2) is 5.69 Å². The van der Waals surface area contributed by atoms with Crippen LogP contribution < -0.4 is 5.32 Å². The van der Waals surface area contributed by atoms with E-state index in [1.54, 1.807) is 0 Å². The number of nitro benzene ring substituents is 1. The van der Waals surface area contributed by atoms with Gasteiger partial charge in [0.25, 0.3) is 11.6 Å². The fraction of sp³-hybridized carbons (Fsp3) is 0.333. The Bertz CT molecular complexity index is 836. The number of aryl methyl sites for hydroxylation is 2. The van der Waals surface area contributed by atoms with Crippen LogP contribution in [0, 0.1) is 17.0 Å². The normalized spacial score (nSPS) is 11.4. The van der Waals surface area contributed by atoms with Crippen molar-refractivity contribution in [3.8, 4) is 0 Å². The first-order chi connectivity index (χ1) is 12.1. The number of nitrogens with one attached hydrogen (secondary N) is 1.